The third-order valence-corrected chi connectivity index (χ3v) is 6.69. The number of hydrogen-bond donors (Lipinski definition) is 1. The molecule has 3 rings (SSSR count). The van der Waals surface area contributed by atoms with Gasteiger partial charge in [0, 0.05) is 44.1 Å². The number of halogens is 6. The molecule has 1 N–H and O–H groups in total. The van der Waals surface area contributed by atoms with Gasteiger partial charge in [0.05, 0.1) is 4.90 Å². The molecule has 0 amide bonds. The van der Waals surface area contributed by atoms with Gasteiger partial charge in [-0.15, -0.1) is 0 Å². The molecule has 2 heterocycles. The number of piperazine rings is 1. The Balaban J connectivity index is 1.75. The molecule has 1 fully saturated rings. The van der Waals surface area contributed by atoms with Crippen LogP contribution < -0.4 is 4.90 Å². The summed E-state index contributed by atoms with van der Waals surface area (Å²) in [6.07, 6.45) is -11.5. The summed E-state index contributed by atoms with van der Waals surface area (Å²) in [5, 5.41) is 9.37. The fourth-order valence-corrected chi connectivity index (χ4v) is 4.47. The zero-order valence-electron chi connectivity index (χ0n) is 15.6. The summed E-state index contributed by atoms with van der Waals surface area (Å²) < 4.78 is 104. The first-order valence-electron chi connectivity index (χ1n) is 8.77. The van der Waals surface area contributed by atoms with Gasteiger partial charge < -0.3 is 10.0 Å². The zero-order valence-corrected chi connectivity index (χ0v) is 16.4. The molecule has 0 radical (unpaired) electrons. The van der Waals surface area contributed by atoms with E-state index in [9.17, 15) is 39.9 Å². The molecule has 1 aliphatic heterocycles. The van der Waals surface area contributed by atoms with E-state index in [0.29, 0.717) is 0 Å². The minimum Gasteiger partial charge on any atom is -0.369 e. The first-order valence-corrected chi connectivity index (χ1v) is 10.2. The SMILES string of the molecule is O=S(=O)(c1ccccc1)N1CCN(c2ncc(C(O)(C(F)(F)F)C(F)(F)F)cn2)CC1. The van der Waals surface area contributed by atoms with Crippen LogP contribution in [0.1, 0.15) is 5.56 Å². The van der Waals surface area contributed by atoms with Crippen LogP contribution in [0.5, 0.6) is 0 Å². The lowest BCUT2D eigenvalue weighted by molar-refractivity contribution is -0.376. The Hall–Kier alpha value is -2.45. The van der Waals surface area contributed by atoms with Gasteiger partial charge in [0.2, 0.25) is 16.0 Å². The van der Waals surface area contributed by atoms with E-state index in [1.54, 1.807) is 18.2 Å². The second-order valence-corrected chi connectivity index (χ2v) is 8.62. The summed E-state index contributed by atoms with van der Waals surface area (Å²) in [6, 6.07) is 7.68. The Labute approximate surface area is 173 Å². The lowest BCUT2D eigenvalue weighted by Crippen LogP contribution is -2.54. The molecular weight excluding hydrogens is 454 g/mol. The molecule has 2 aromatic rings. The Morgan fingerprint density at radius 1 is 0.839 bits per heavy atom. The van der Waals surface area contributed by atoms with Crippen molar-refractivity contribution in [2.24, 2.45) is 0 Å². The quantitative estimate of drug-likeness (QED) is 0.691. The van der Waals surface area contributed by atoms with E-state index in [1.165, 1.54) is 21.3 Å². The summed E-state index contributed by atoms with van der Waals surface area (Å²) in [5.41, 5.74) is -6.68. The van der Waals surface area contributed by atoms with Crippen molar-refractivity contribution in [3.63, 3.8) is 0 Å². The second kappa shape index (κ2) is 7.91. The topological polar surface area (TPSA) is 86.6 Å². The summed E-state index contributed by atoms with van der Waals surface area (Å²) in [5.74, 6) is -0.188. The van der Waals surface area contributed by atoms with E-state index >= 15 is 0 Å². The fraction of sp³-hybridized carbons (Fsp3) is 0.412. The number of sulfonamides is 1. The van der Waals surface area contributed by atoms with Crippen LogP contribution in [0.2, 0.25) is 0 Å². The van der Waals surface area contributed by atoms with Crippen molar-refractivity contribution in [3.05, 3.63) is 48.3 Å². The molecule has 0 atom stereocenters. The van der Waals surface area contributed by atoms with E-state index in [4.69, 9.17) is 0 Å². The van der Waals surface area contributed by atoms with Crippen LogP contribution in [0.15, 0.2) is 47.6 Å². The normalized spacial score (nSPS) is 17.1. The molecule has 14 heteroatoms. The molecule has 0 unspecified atom stereocenters. The second-order valence-electron chi connectivity index (χ2n) is 6.68. The van der Waals surface area contributed by atoms with Crippen molar-refractivity contribution in [3.8, 4) is 0 Å². The lowest BCUT2D eigenvalue weighted by atomic mass is 9.95. The van der Waals surface area contributed by atoms with Crippen molar-refractivity contribution < 1.29 is 39.9 Å². The van der Waals surface area contributed by atoms with Crippen LogP contribution in [0.4, 0.5) is 32.3 Å². The van der Waals surface area contributed by atoms with Crippen molar-refractivity contribution in [1.29, 1.82) is 0 Å². The highest BCUT2D eigenvalue weighted by atomic mass is 32.2. The van der Waals surface area contributed by atoms with Gasteiger partial charge in [-0.05, 0) is 12.1 Å². The number of rotatable bonds is 4. The molecule has 0 bridgehead atoms. The number of nitrogens with zero attached hydrogens (tertiary/aromatic N) is 4. The van der Waals surface area contributed by atoms with Gasteiger partial charge in [0.1, 0.15) is 0 Å². The average Bonchev–Trinajstić information content (AvgIpc) is 2.72. The van der Waals surface area contributed by atoms with Crippen LogP contribution in [-0.2, 0) is 15.6 Å². The van der Waals surface area contributed by atoms with Crippen LogP contribution >= 0.6 is 0 Å². The molecule has 1 aromatic carbocycles. The zero-order chi connectivity index (χ0) is 23.1. The summed E-state index contributed by atoms with van der Waals surface area (Å²) in [7, 11) is -3.74. The Kier molecular flexibility index (Phi) is 5.92. The van der Waals surface area contributed by atoms with Crippen molar-refractivity contribution in [1.82, 2.24) is 14.3 Å². The molecule has 0 saturated carbocycles. The molecule has 170 valence electrons. The summed E-state index contributed by atoms with van der Waals surface area (Å²) in [4.78, 5) is 8.57. The minimum atomic E-state index is -6.03. The van der Waals surface area contributed by atoms with E-state index in [2.05, 4.69) is 9.97 Å². The van der Waals surface area contributed by atoms with Crippen LogP contribution in [0.25, 0.3) is 0 Å². The van der Waals surface area contributed by atoms with Crippen LogP contribution in [0, 0.1) is 0 Å². The Morgan fingerprint density at radius 2 is 1.32 bits per heavy atom. The number of hydrogen-bond acceptors (Lipinski definition) is 6. The number of aromatic nitrogens is 2. The predicted molar refractivity (Wildman–Crippen MR) is 95.5 cm³/mol. The van der Waals surface area contributed by atoms with E-state index in [-0.39, 0.29) is 49.4 Å². The third-order valence-electron chi connectivity index (χ3n) is 4.78. The molecule has 7 nitrogen and oxygen atoms in total. The lowest BCUT2D eigenvalue weighted by Gasteiger charge is -2.34. The molecule has 0 spiro atoms. The largest absolute Gasteiger partial charge is 0.430 e. The highest BCUT2D eigenvalue weighted by Gasteiger charge is 2.71. The smallest absolute Gasteiger partial charge is 0.369 e. The highest BCUT2D eigenvalue weighted by Crippen LogP contribution is 2.49. The Bertz CT molecular complexity index is 991. The predicted octanol–water partition coefficient (Wildman–Crippen LogP) is 2.30. The molecular formula is C17H16F6N4O3S. The van der Waals surface area contributed by atoms with Crippen molar-refractivity contribution in [2.45, 2.75) is 22.8 Å². The maximum Gasteiger partial charge on any atom is 0.430 e. The monoisotopic (exact) mass is 470 g/mol. The molecule has 31 heavy (non-hydrogen) atoms. The van der Waals surface area contributed by atoms with Gasteiger partial charge in [-0.1, -0.05) is 18.2 Å². The van der Waals surface area contributed by atoms with E-state index in [0.717, 1.165) is 0 Å². The summed E-state index contributed by atoms with van der Waals surface area (Å²) in [6.45, 7) is 0.150. The van der Waals surface area contributed by atoms with Gasteiger partial charge in [0.15, 0.2) is 0 Å². The molecule has 1 saturated heterocycles. The first-order chi connectivity index (χ1) is 14.3. The Morgan fingerprint density at radius 3 is 1.77 bits per heavy atom. The molecule has 1 aromatic heterocycles. The molecule has 0 aliphatic carbocycles. The van der Waals surface area contributed by atoms with Gasteiger partial charge in [-0.2, -0.15) is 30.6 Å². The number of anilines is 1. The third kappa shape index (κ3) is 4.19. The molecule has 1 aliphatic rings. The highest BCUT2D eigenvalue weighted by molar-refractivity contribution is 7.89. The van der Waals surface area contributed by atoms with Crippen molar-refractivity contribution >= 4 is 16.0 Å². The summed E-state index contributed by atoms with van der Waals surface area (Å²) >= 11 is 0. The van der Waals surface area contributed by atoms with Gasteiger partial charge in [-0.25, -0.2) is 18.4 Å². The minimum absolute atomic E-state index is 0.0113. The van der Waals surface area contributed by atoms with Crippen LogP contribution in [-0.4, -0.2) is 66.3 Å². The number of benzene rings is 1. The van der Waals surface area contributed by atoms with Gasteiger partial charge >= 0.3 is 12.4 Å². The number of alkyl halides is 6. The fourth-order valence-electron chi connectivity index (χ4n) is 3.03. The number of aliphatic hydroxyl groups is 1. The van der Waals surface area contributed by atoms with Gasteiger partial charge in [-0.3, -0.25) is 0 Å². The van der Waals surface area contributed by atoms with Gasteiger partial charge in [0.25, 0.3) is 5.60 Å². The standard InChI is InChI=1S/C17H16F6N4O3S/c18-16(19,20)15(28,17(21,22)23)12-10-24-14(25-11-12)26-6-8-27(9-7-26)31(29,30)13-4-2-1-3-5-13/h1-5,10-11,28H,6-9H2. The van der Waals surface area contributed by atoms with E-state index in [1.807, 2.05) is 0 Å². The van der Waals surface area contributed by atoms with Crippen molar-refractivity contribution in [2.75, 3.05) is 31.1 Å². The maximum absolute atomic E-state index is 12.9. The van der Waals surface area contributed by atoms with E-state index < -0.39 is 33.5 Å². The average molecular weight is 470 g/mol. The van der Waals surface area contributed by atoms with Crippen LogP contribution in [0.3, 0.4) is 0 Å². The maximum atomic E-state index is 12.9. The first kappa shape index (κ1) is 23.2.